The highest BCUT2D eigenvalue weighted by Crippen LogP contribution is 2.30. The van der Waals surface area contributed by atoms with Crippen LogP contribution in [-0.2, 0) is 10.0 Å². The van der Waals surface area contributed by atoms with E-state index in [0.29, 0.717) is 20.9 Å². The zero-order chi connectivity index (χ0) is 15.6. The van der Waals surface area contributed by atoms with Crippen molar-refractivity contribution < 1.29 is 13.2 Å². The van der Waals surface area contributed by atoms with Crippen LogP contribution in [0.4, 0.5) is 11.4 Å². The molecule has 8 heteroatoms. The maximum Gasteiger partial charge on any atom is 0.262 e. The molecular weight excluding hydrogens is 380 g/mol. The first kappa shape index (κ1) is 15.9. The van der Waals surface area contributed by atoms with Crippen LogP contribution in [0.1, 0.15) is 0 Å². The van der Waals surface area contributed by atoms with E-state index in [1.54, 1.807) is 18.2 Å². The molecule has 0 amide bonds. The molecule has 0 radical (unpaired) electrons. The van der Waals surface area contributed by atoms with Crippen molar-refractivity contribution in [1.82, 2.24) is 0 Å². The molecule has 2 aromatic rings. The lowest BCUT2D eigenvalue weighted by Crippen LogP contribution is -2.13. The van der Waals surface area contributed by atoms with Gasteiger partial charge in [-0.05, 0) is 46.3 Å². The number of methoxy groups -OCH3 is 1. The molecule has 0 unspecified atom stereocenters. The molecule has 0 saturated carbocycles. The molecule has 0 heterocycles. The average Bonchev–Trinajstić information content (AvgIpc) is 2.44. The smallest absolute Gasteiger partial charge is 0.262 e. The molecule has 0 bridgehead atoms. The molecule has 0 spiro atoms. The maximum atomic E-state index is 12.3. The third-order valence-corrected chi connectivity index (χ3v) is 5.09. The topological polar surface area (TPSA) is 81.4 Å². The predicted molar refractivity (Wildman–Crippen MR) is 87.4 cm³/mol. The second-order valence-corrected chi connectivity index (χ2v) is 7.08. The fraction of sp³-hybridized carbons (Fsp3) is 0.0769. The van der Waals surface area contributed by atoms with Gasteiger partial charge in [0, 0.05) is 10.5 Å². The Kier molecular flexibility index (Phi) is 4.65. The standard InChI is InChI=1S/C13H12BrClN2O3S/c1-20-8-2-4-10(14)13(6-8)17-21(18,19)9-3-5-11(15)12(16)7-9/h2-7,17H,16H2,1H3. The first-order valence-corrected chi connectivity index (χ1v) is 8.40. The van der Waals surface area contributed by atoms with Gasteiger partial charge in [-0.3, -0.25) is 4.72 Å². The first-order valence-electron chi connectivity index (χ1n) is 5.75. The summed E-state index contributed by atoms with van der Waals surface area (Å²) < 4.78 is 32.8. The van der Waals surface area contributed by atoms with Crippen molar-refractivity contribution in [2.24, 2.45) is 0 Å². The lowest BCUT2D eigenvalue weighted by molar-refractivity contribution is 0.415. The minimum absolute atomic E-state index is 0.0270. The van der Waals surface area contributed by atoms with Crippen molar-refractivity contribution in [2.45, 2.75) is 4.90 Å². The highest BCUT2D eigenvalue weighted by atomic mass is 79.9. The van der Waals surface area contributed by atoms with Crippen molar-refractivity contribution in [3.8, 4) is 5.75 Å². The van der Waals surface area contributed by atoms with Gasteiger partial charge in [0.1, 0.15) is 5.75 Å². The molecule has 3 N–H and O–H groups in total. The number of nitrogens with one attached hydrogen (secondary N) is 1. The van der Waals surface area contributed by atoms with Crippen LogP contribution in [0.15, 0.2) is 45.8 Å². The zero-order valence-electron chi connectivity index (χ0n) is 10.9. The van der Waals surface area contributed by atoms with Gasteiger partial charge in [0.2, 0.25) is 0 Å². The van der Waals surface area contributed by atoms with Gasteiger partial charge in [0.05, 0.1) is 28.4 Å². The summed E-state index contributed by atoms with van der Waals surface area (Å²) in [6.07, 6.45) is 0. The summed E-state index contributed by atoms with van der Waals surface area (Å²) in [4.78, 5) is 0.0270. The van der Waals surface area contributed by atoms with E-state index < -0.39 is 10.0 Å². The summed E-state index contributed by atoms with van der Waals surface area (Å²) in [7, 11) is -2.27. The highest BCUT2D eigenvalue weighted by molar-refractivity contribution is 9.10. The molecule has 112 valence electrons. The van der Waals surface area contributed by atoms with E-state index in [2.05, 4.69) is 20.7 Å². The van der Waals surface area contributed by atoms with E-state index in [9.17, 15) is 8.42 Å². The molecule has 2 rings (SSSR count). The number of ether oxygens (including phenoxy) is 1. The molecular formula is C13H12BrClN2O3S. The van der Waals surface area contributed by atoms with Gasteiger partial charge >= 0.3 is 0 Å². The van der Waals surface area contributed by atoms with Crippen LogP contribution in [0.3, 0.4) is 0 Å². The van der Waals surface area contributed by atoms with Gasteiger partial charge in [0.15, 0.2) is 0 Å². The van der Waals surface area contributed by atoms with Crippen LogP contribution in [0.25, 0.3) is 0 Å². The fourth-order valence-electron chi connectivity index (χ4n) is 1.60. The third kappa shape index (κ3) is 3.61. The highest BCUT2D eigenvalue weighted by Gasteiger charge is 2.17. The lowest BCUT2D eigenvalue weighted by Gasteiger charge is -2.12. The predicted octanol–water partition coefficient (Wildman–Crippen LogP) is 3.49. The number of rotatable bonds is 4. The van der Waals surface area contributed by atoms with Crippen molar-refractivity contribution in [1.29, 1.82) is 0 Å². The molecule has 0 aliphatic rings. The van der Waals surface area contributed by atoms with E-state index in [1.807, 2.05) is 0 Å². The summed E-state index contributed by atoms with van der Waals surface area (Å²) in [5, 5.41) is 0.302. The fourth-order valence-corrected chi connectivity index (χ4v) is 3.30. The SMILES string of the molecule is COc1ccc(Br)c(NS(=O)(=O)c2ccc(Cl)c(N)c2)c1. The summed E-state index contributed by atoms with van der Waals surface area (Å²) in [6.45, 7) is 0. The van der Waals surface area contributed by atoms with Crippen LogP contribution >= 0.6 is 27.5 Å². The molecule has 0 saturated heterocycles. The van der Waals surface area contributed by atoms with Crippen LogP contribution in [0.2, 0.25) is 5.02 Å². The Bertz CT molecular complexity index is 781. The number of halogens is 2. The van der Waals surface area contributed by atoms with E-state index in [-0.39, 0.29) is 10.6 Å². The van der Waals surface area contributed by atoms with E-state index in [1.165, 1.54) is 25.3 Å². The number of hydrogen-bond donors (Lipinski definition) is 2. The quantitative estimate of drug-likeness (QED) is 0.782. The Morgan fingerprint density at radius 1 is 1.24 bits per heavy atom. The normalized spacial score (nSPS) is 11.2. The molecule has 0 aromatic heterocycles. The summed E-state index contributed by atoms with van der Waals surface area (Å²) in [6, 6.07) is 9.09. The average molecular weight is 392 g/mol. The minimum atomic E-state index is -3.77. The number of benzene rings is 2. The van der Waals surface area contributed by atoms with E-state index >= 15 is 0 Å². The van der Waals surface area contributed by atoms with Gasteiger partial charge < -0.3 is 10.5 Å². The maximum absolute atomic E-state index is 12.3. The van der Waals surface area contributed by atoms with Crippen LogP contribution in [0, 0.1) is 0 Å². The van der Waals surface area contributed by atoms with Crippen LogP contribution in [0.5, 0.6) is 5.75 Å². The van der Waals surface area contributed by atoms with Gasteiger partial charge in [0.25, 0.3) is 10.0 Å². The molecule has 0 fully saturated rings. The molecule has 2 aromatic carbocycles. The lowest BCUT2D eigenvalue weighted by atomic mass is 10.3. The number of nitrogen functional groups attached to an aromatic ring is 1. The second-order valence-electron chi connectivity index (χ2n) is 4.13. The third-order valence-electron chi connectivity index (χ3n) is 2.70. The molecule has 5 nitrogen and oxygen atoms in total. The number of hydrogen-bond acceptors (Lipinski definition) is 4. The second kappa shape index (κ2) is 6.13. The Hall–Kier alpha value is -1.44. The molecule has 0 aliphatic carbocycles. The Balaban J connectivity index is 2.39. The van der Waals surface area contributed by atoms with Gasteiger partial charge in [-0.2, -0.15) is 0 Å². The first-order chi connectivity index (χ1) is 9.83. The monoisotopic (exact) mass is 390 g/mol. The molecule has 0 atom stereocenters. The summed E-state index contributed by atoms with van der Waals surface area (Å²) in [5.74, 6) is 0.534. The van der Waals surface area contributed by atoms with Crippen LogP contribution < -0.4 is 15.2 Å². The number of anilines is 2. The van der Waals surface area contributed by atoms with Crippen molar-refractivity contribution in [2.75, 3.05) is 17.6 Å². The van der Waals surface area contributed by atoms with Crippen molar-refractivity contribution >= 4 is 48.9 Å². The Morgan fingerprint density at radius 2 is 1.95 bits per heavy atom. The zero-order valence-corrected chi connectivity index (χ0v) is 14.1. The molecule has 0 aliphatic heterocycles. The summed E-state index contributed by atoms with van der Waals surface area (Å²) >= 11 is 9.07. The minimum Gasteiger partial charge on any atom is -0.497 e. The van der Waals surface area contributed by atoms with Gasteiger partial charge in [-0.1, -0.05) is 11.6 Å². The Labute approximate surface area is 136 Å². The van der Waals surface area contributed by atoms with Crippen molar-refractivity contribution in [3.63, 3.8) is 0 Å². The van der Waals surface area contributed by atoms with Gasteiger partial charge in [-0.15, -0.1) is 0 Å². The number of sulfonamides is 1. The largest absolute Gasteiger partial charge is 0.497 e. The summed E-state index contributed by atoms with van der Waals surface area (Å²) in [5.41, 5.74) is 6.19. The van der Waals surface area contributed by atoms with Gasteiger partial charge in [-0.25, -0.2) is 8.42 Å². The Morgan fingerprint density at radius 3 is 2.57 bits per heavy atom. The number of nitrogens with two attached hydrogens (primary N) is 1. The van der Waals surface area contributed by atoms with Crippen LogP contribution in [-0.4, -0.2) is 15.5 Å². The van der Waals surface area contributed by atoms with E-state index in [4.69, 9.17) is 22.1 Å². The van der Waals surface area contributed by atoms with E-state index in [0.717, 1.165) is 0 Å². The van der Waals surface area contributed by atoms with Crippen molar-refractivity contribution in [3.05, 3.63) is 45.9 Å². The molecule has 21 heavy (non-hydrogen) atoms.